The fourth-order valence-electron chi connectivity index (χ4n) is 1.55. The van der Waals surface area contributed by atoms with Gasteiger partial charge in [-0.1, -0.05) is 29.8 Å². The van der Waals surface area contributed by atoms with Gasteiger partial charge >= 0.3 is 0 Å². The van der Waals surface area contributed by atoms with Gasteiger partial charge in [0.1, 0.15) is 28.0 Å². The third kappa shape index (κ3) is 3.05. The summed E-state index contributed by atoms with van der Waals surface area (Å²) in [5, 5.41) is 9.27. The van der Waals surface area contributed by atoms with Gasteiger partial charge in [-0.3, -0.25) is 0 Å². The minimum Gasteiger partial charge on any atom is -0.455 e. The number of nitrogens with zero attached hydrogens (tertiary/aromatic N) is 1. The Morgan fingerprint density at radius 3 is 2.35 bits per heavy atom. The fourth-order valence-corrected chi connectivity index (χ4v) is 2.73. The van der Waals surface area contributed by atoms with E-state index < -0.39 is 9.05 Å². The molecule has 2 rings (SSSR count). The van der Waals surface area contributed by atoms with E-state index in [0.29, 0.717) is 0 Å². The molecule has 4 nitrogen and oxygen atoms in total. The van der Waals surface area contributed by atoms with Gasteiger partial charge in [-0.05, 0) is 24.3 Å². The van der Waals surface area contributed by atoms with Gasteiger partial charge in [-0.2, -0.15) is 5.26 Å². The minimum absolute atomic E-state index is 0.0290. The van der Waals surface area contributed by atoms with Gasteiger partial charge in [0.15, 0.2) is 0 Å². The number of para-hydroxylation sites is 1. The molecule has 0 atom stereocenters. The number of halogens is 2. The summed E-state index contributed by atoms with van der Waals surface area (Å²) in [4.78, 5) is -0.175. The van der Waals surface area contributed by atoms with Crippen LogP contribution in [0.3, 0.4) is 0 Å². The van der Waals surface area contributed by atoms with Crippen molar-refractivity contribution in [2.45, 2.75) is 4.90 Å². The highest BCUT2D eigenvalue weighted by Crippen LogP contribution is 2.34. The largest absolute Gasteiger partial charge is 0.455 e. The smallest absolute Gasteiger partial charge is 0.265 e. The summed E-state index contributed by atoms with van der Waals surface area (Å²) in [6.07, 6.45) is 0. The van der Waals surface area contributed by atoms with Crippen LogP contribution in [0.25, 0.3) is 0 Å². The van der Waals surface area contributed by atoms with E-state index in [4.69, 9.17) is 32.3 Å². The molecule has 0 radical (unpaired) electrons. The van der Waals surface area contributed by atoms with E-state index in [1.807, 2.05) is 6.07 Å². The summed E-state index contributed by atoms with van der Waals surface area (Å²) in [7, 11) is 1.38. The molecule has 20 heavy (non-hydrogen) atoms. The molecule has 0 fully saturated rings. The van der Waals surface area contributed by atoms with Crippen LogP contribution in [0.15, 0.2) is 47.4 Å². The third-order valence-electron chi connectivity index (χ3n) is 2.42. The van der Waals surface area contributed by atoms with Gasteiger partial charge in [0.05, 0.1) is 5.02 Å². The standard InChI is InChI=1S/C13H7Cl2NO3S/c14-10-4-3-6-11(9(10)8-16)19-12-5-1-2-7-13(12)20(15,17)18/h1-7H. The van der Waals surface area contributed by atoms with Gasteiger partial charge in [-0.25, -0.2) is 8.42 Å². The summed E-state index contributed by atoms with van der Waals surface area (Å²) in [6, 6.07) is 12.4. The zero-order valence-corrected chi connectivity index (χ0v) is 12.2. The number of rotatable bonds is 3. The predicted molar refractivity (Wildman–Crippen MR) is 75.7 cm³/mol. The van der Waals surface area contributed by atoms with Crippen molar-refractivity contribution < 1.29 is 13.2 Å². The minimum atomic E-state index is -3.95. The second-order valence-corrected chi connectivity index (χ2v) is 6.65. The average molecular weight is 328 g/mol. The average Bonchev–Trinajstić information content (AvgIpc) is 2.38. The molecule has 0 amide bonds. The zero-order chi connectivity index (χ0) is 14.8. The number of hydrogen-bond donors (Lipinski definition) is 0. The first kappa shape index (κ1) is 14.7. The van der Waals surface area contributed by atoms with Crippen LogP contribution in [0.1, 0.15) is 5.56 Å². The Bertz CT molecular complexity index is 798. The molecule has 0 heterocycles. The summed E-state index contributed by atoms with van der Waals surface area (Å²) in [5.74, 6) is 0.189. The van der Waals surface area contributed by atoms with Gasteiger partial charge in [-0.15, -0.1) is 0 Å². The molecule has 0 aliphatic carbocycles. The summed E-state index contributed by atoms with van der Waals surface area (Å²) in [6.45, 7) is 0. The Morgan fingerprint density at radius 2 is 1.70 bits per heavy atom. The van der Waals surface area contributed by atoms with Crippen LogP contribution in [0.5, 0.6) is 11.5 Å². The van der Waals surface area contributed by atoms with Crippen molar-refractivity contribution in [2.24, 2.45) is 0 Å². The van der Waals surface area contributed by atoms with E-state index >= 15 is 0 Å². The van der Waals surface area contributed by atoms with E-state index in [1.165, 1.54) is 30.3 Å². The van der Waals surface area contributed by atoms with Crippen molar-refractivity contribution in [1.29, 1.82) is 5.26 Å². The lowest BCUT2D eigenvalue weighted by molar-refractivity contribution is 0.467. The second kappa shape index (κ2) is 5.71. The predicted octanol–water partition coefficient (Wildman–Crippen LogP) is 3.93. The SMILES string of the molecule is N#Cc1c(Cl)cccc1Oc1ccccc1S(=O)(=O)Cl. The first-order chi connectivity index (χ1) is 9.43. The lowest BCUT2D eigenvalue weighted by Gasteiger charge is -2.10. The molecule has 2 aromatic rings. The maximum absolute atomic E-state index is 11.5. The topological polar surface area (TPSA) is 67.2 Å². The van der Waals surface area contributed by atoms with Gasteiger partial charge in [0.2, 0.25) is 0 Å². The highest BCUT2D eigenvalue weighted by molar-refractivity contribution is 8.13. The Morgan fingerprint density at radius 1 is 1.05 bits per heavy atom. The van der Waals surface area contributed by atoms with E-state index in [2.05, 4.69) is 0 Å². The van der Waals surface area contributed by atoms with Gasteiger partial charge in [0, 0.05) is 10.7 Å². The Hall–Kier alpha value is -1.74. The van der Waals surface area contributed by atoms with E-state index in [-0.39, 0.29) is 27.0 Å². The molecule has 0 aliphatic heterocycles. The van der Waals surface area contributed by atoms with Crippen molar-refractivity contribution in [1.82, 2.24) is 0 Å². The molecule has 0 aliphatic rings. The third-order valence-corrected chi connectivity index (χ3v) is 4.10. The Balaban J connectivity index is 2.53. The number of benzene rings is 2. The van der Waals surface area contributed by atoms with Crippen LogP contribution in [0, 0.1) is 11.3 Å². The molecule has 0 saturated carbocycles. The first-order valence-corrected chi connectivity index (χ1v) is 8.02. The molecule has 0 bridgehead atoms. The van der Waals surface area contributed by atoms with Crippen LogP contribution in [0.2, 0.25) is 5.02 Å². The number of ether oxygens (including phenoxy) is 1. The summed E-state index contributed by atoms with van der Waals surface area (Å²) in [5.41, 5.74) is 0.121. The molecule has 0 aromatic heterocycles. The zero-order valence-electron chi connectivity index (χ0n) is 9.88. The molecular formula is C13H7Cl2NO3S. The van der Waals surface area contributed by atoms with Crippen molar-refractivity contribution in [2.75, 3.05) is 0 Å². The monoisotopic (exact) mass is 327 g/mol. The maximum atomic E-state index is 11.5. The molecule has 0 unspecified atom stereocenters. The lowest BCUT2D eigenvalue weighted by Crippen LogP contribution is -1.96. The molecule has 0 spiro atoms. The van der Waals surface area contributed by atoms with Crippen LogP contribution in [-0.4, -0.2) is 8.42 Å². The van der Waals surface area contributed by atoms with Crippen molar-refractivity contribution in [3.8, 4) is 17.6 Å². The van der Waals surface area contributed by atoms with Crippen LogP contribution in [-0.2, 0) is 9.05 Å². The normalized spacial score (nSPS) is 10.8. The van der Waals surface area contributed by atoms with Gasteiger partial charge in [0.25, 0.3) is 9.05 Å². The molecule has 102 valence electrons. The maximum Gasteiger partial charge on any atom is 0.265 e. The van der Waals surface area contributed by atoms with Crippen LogP contribution < -0.4 is 4.74 Å². The van der Waals surface area contributed by atoms with Crippen molar-refractivity contribution in [3.05, 3.63) is 53.1 Å². The Kier molecular flexibility index (Phi) is 4.19. The summed E-state index contributed by atoms with van der Waals surface area (Å²) >= 11 is 5.88. The highest BCUT2D eigenvalue weighted by Gasteiger charge is 2.18. The number of nitriles is 1. The molecule has 0 saturated heterocycles. The van der Waals surface area contributed by atoms with Gasteiger partial charge < -0.3 is 4.74 Å². The van der Waals surface area contributed by atoms with E-state index in [1.54, 1.807) is 12.1 Å². The quantitative estimate of drug-likeness (QED) is 0.801. The van der Waals surface area contributed by atoms with E-state index in [9.17, 15) is 8.42 Å². The van der Waals surface area contributed by atoms with Crippen LogP contribution in [0.4, 0.5) is 0 Å². The van der Waals surface area contributed by atoms with E-state index in [0.717, 1.165) is 0 Å². The first-order valence-electron chi connectivity index (χ1n) is 5.33. The molecule has 7 heteroatoms. The molecule has 0 N–H and O–H groups in total. The highest BCUT2D eigenvalue weighted by atomic mass is 35.7. The fraction of sp³-hybridized carbons (Fsp3) is 0. The number of hydrogen-bond acceptors (Lipinski definition) is 4. The molecule has 2 aromatic carbocycles. The second-order valence-electron chi connectivity index (χ2n) is 3.71. The summed E-state index contributed by atoms with van der Waals surface area (Å²) < 4.78 is 28.4. The molecular weight excluding hydrogens is 321 g/mol. The lowest BCUT2D eigenvalue weighted by atomic mass is 10.2. The van der Waals surface area contributed by atoms with Crippen molar-refractivity contribution >= 4 is 31.3 Å². The van der Waals surface area contributed by atoms with Crippen LogP contribution >= 0.6 is 22.3 Å². The Labute approximate surface area is 125 Å². The van der Waals surface area contributed by atoms with Crippen molar-refractivity contribution in [3.63, 3.8) is 0 Å².